The van der Waals surface area contributed by atoms with E-state index in [1.807, 2.05) is 0 Å². The van der Waals surface area contributed by atoms with Gasteiger partial charge in [-0.15, -0.1) is 5.53 Å². The molecule has 30 heavy (non-hydrogen) atoms. The summed E-state index contributed by atoms with van der Waals surface area (Å²) in [5, 5.41) is 1.15. The molecule has 3 N–H and O–H groups in total. The van der Waals surface area contributed by atoms with E-state index in [2.05, 4.69) is 20.7 Å². The first kappa shape index (κ1) is 20.0. The summed E-state index contributed by atoms with van der Waals surface area (Å²) in [5.41, 5.74) is 6.81. The quantitative estimate of drug-likeness (QED) is 0.524. The van der Waals surface area contributed by atoms with Crippen LogP contribution in [0.2, 0.25) is 5.02 Å². The number of hydrogen-bond acceptors (Lipinski definition) is 8. The maximum absolute atomic E-state index is 14.6. The molecule has 0 fully saturated rings. The van der Waals surface area contributed by atoms with Crippen LogP contribution in [0.1, 0.15) is 5.56 Å². The third kappa shape index (κ3) is 3.77. The molecule has 0 bridgehead atoms. The van der Waals surface area contributed by atoms with Crippen molar-refractivity contribution in [2.24, 2.45) is 0 Å². The molecule has 0 amide bonds. The Morgan fingerprint density at radius 3 is 2.87 bits per heavy atom. The lowest BCUT2D eigenvalue weighted by Gasteiger charge is -2.19. The van der Waals surface area contributed by atoms with Gasteiger partial charge in [-0.05, 0) is 24.3 Å². The smallest absolute Gasteiger partial charge is 0.265 e. The summed E-state index contributed by atoms with van der Waals surface area (Å²) in [7, 11) is -2.43. The van der Waals surface area contributed by atoms with Gasteiger partial charge in [0.1, 0.15) is 28.4 Å². The van der Waals surface area contributed by atoms with Gasteiger partial charge in [0.05, 0.1) is 36.0 Å². The number of halogens is 2. The normalized spacial score (nSPS) is 13.7. The molecule has 9 nitrogen and oxygen atoms in total. The molecule has 0 radical (unpaired) electrons. The maximum Gasteiger partial charge on any atom is 0.265 e. The third-order valence-electron chi connectivity index (χ3n) is 4.19. The Morgan fingerprint density at radius 2 is 2.13 bits per heavy atom. The maximum atomic E-state index is 14.6. The summed E-state index contributed by atoms with van der Waals surface area (Å²) in [6.07, 6.45) is 7.00. The monoisotopic (exact) mass is 451 g/mol. The molecule has 0 atom stereocenters. The number of rotatable bonds is 6. The second-order valence-corrected chi connectivity index (χ2v) is 8.15. The number of methoxy groups -OCH3 is 1. The molecule has 0 spiro atoms. The number of aromatic nitrogens is 1. The highest BCUT2D eigenvalue weighted by Crippen LogP contribution is 2.37. The minimum Gasteiger partial charge on any atom is -0.495 e. The highest BCUT2D eigenvalue weighted by Gasteiger charge is 2.25. The van der Waals surface area contributed by atoms with E-state index in [4.69, 9.17) is 20.8 Å². The van der Waals surface area contributed by atoms with Crippen molar-refractivity contribution in [1.82, 2.24) is 15.9 Å². The number of pyridine rings is 1. The molecule has 3 aromatic rings. The Labute approximate surface area is 176 Å². The number of hydrogen-bond donors (Lipinski definition) is 3. The van der Waals surface area contributed by atoms with E-state index in [-0.39, 0.29) is 21.3 Å². The zero-order valence-corrected chi connectivity index (χ0v) is 17.0. The minimum absolute atomic E-state index is 0.000892. The van der Waals surface area contributed by atoms with Crippen molar-refractivity contribution in [3.8, 4) is 5.75 Å². The number of ether oxygens (including phenoxy) is 1. The molecular formula is C18H15ClFN5O4S. The van der Waals surface area contributed by atoms with Crippen molar-refractivity contribution < 1.29 is 22.0 Å². The molecule has 0 saturated heterocycles. The van der Waals surface area contributed by atoms with Gasteiger partial charge in [-0.1, -0.05) is 11.6 Å². The van der Waals surface area contributed by atoms with E-state index >= 15 is 0 Å². The van der Waals surface area contributed by atoms with Crippen LogP contribution in [-0.2, 0) is 10.0 Å². The number of benzene rings is 1. The average Bonchev–Trinajstić information content (AvgIpc) is 3.43. The summed E-state index contributed by atoms with van der Waals surface area (Å²) >= 11 is 6.34. The van der Waals surface area contributed by atoms with E-state index in [0.717, 1.165) is 12.3 Å². The summed E-state index contributed by atoms with van der Waals surface area (Å²) in [6.45, 7) is 0. The van der Waals surface area contributed by atoms with Gasteiger partial charge in [-0.25, -0.2) is 12.8 Å². The third-order valence-corrected chi connectivity index (χ3v) is 5.91. The van der Waals surface area contributed by atoms with Crippen LogP contribution in [-0.4, -0.2) is 20.5 Å². The Morgan fingerprint density at radius 1 is 1.30 bits per heavy atom. The summed E-state index contributed by atoms with van der Waals surface area (Å²) in [6, 6.07) is 5.36. The lowest BCUT2D eigenvalue weighted by atomic mass is 10.2. The van der Waals surface area contributed by atoms with Crippen LogP contribution in [0.4, 0.5) is 15.8 Å². The second-order valence-electron chi connectivity index (χ2n) is 6.09. The van der Waals surface area contributed by atoms with Crippen molar-refractivity contribution in [1.29, 1.82) is 0 Å². The van der Waals surface area contributed by atoms with E-state index in [1.165, 1.54) is 30.5 Å². The molecule has 1 aromatic carbocycles. The number of nitrogens with one attached hydrogen (secondary N) is 3. The summed E-state index contributed by atoms with van der Waals surface area (Å²) in [4.78, 5) is 3.99. The molecule has 12 heteroatoms. The fourth-order valence-corrected chi connectivity index (χ4v) is 4.05. The second kappa shape index (κ2) is 7.86. The van der Waals surface area contributed by atoms with Gasteiger partial charge < -0.3 is 14.6 Å². The van der Waals surface area contributed by atoms with Crippen molar-refractivity contribution in [2.75, 3.05) is 16.8 Å². The lowest BCUT2D eigenvalue weighted by Crippen LogP contribution is -2.37. The molecule has 0 aliphatic carbocycles. The van der Waals surface area contributed by atoms with E-state index in [0.29, 0.717) is 17.0 Å². The number of hydrazine groups is 2. The molecule has 0 unspecified atom stereocenters. The van der Waals surface area contributed by atoms with Crippen LogP contribution in [0.3, 0.4) is 0 Å². The summed E-state index contributed by atoms with van der Waals surface area (Å²) in [5.74, 6) is -0.115. The van der Waals surface area contributed by atoms with Crippen LogP contribution < -0.4 is 25.4 Å². The Hall–Kier alpha value is -3.28. The van der Waals surface area contributed by atoms with E-state index in [1.54, 1.807) is 24.7 Å². The first-order valence-electron chi connectivity index (χ1n) is 8.44. The Bertz CT molecular complexity index is 1220. The zero-order chi connectivity index (χ0) is 21.3. The molecule has 4 rings (SSSR count). The molecular weight excluding hydrogens is 437 g/mol. The fraction of sp³-hybridized carbons (Fsp3) is 0.0556. The number of furan rings is 1. The van der Waals surface area contributed by atoms with Crippen molar-refractivity contribution >= 4 is 38.7 Å². The summed E-state index contributed by atoms with van der Waals surface area (Å²) < 4.78 is 51.7. The molecule has 0 saturated carbocycles. The van der Waals surface area contributed by atoms with Crippen molar-refractivity contribution in [3.63, 3.8) is 0 Å². The topological polar surface area (TPSA) is 109 Å². The highest BCUT2D eigenvalue weighted by atomic mass is 35.5. The SMILES string of the molecule is COc1cncc(C2=CN(c3c(F)ccc(NS(=O)(=O)c4ccoc4)c3Cl)NN2)c1. The molecule has 1 aliphatic rings. The van der Waals surface area contributed by atoms with Crippen LogP contribution in [0.5, 0.6) is 5.75 Å². The van der Waals surface area contributed by atoms with Gasteiger partial charge in [0.2, 0.25) is 0 Å². The Kier molecular flexibility index (Phi) is 5.24. The zero-order valence-electron chi connectivity index (χ0n) is 15.4. The molecule has 3 heterocycles. The lowest BCUT2D eigenvalue weighted by molar-refractivity contribution is 0.412. The number of sulfonamides is 1. The average molecular weight is 452 g/mol. The van der Waals surface area contributed by atoms with Crippen LogP contribution in [0.15, 0.2) is 64.7 Å². The largest absolute Gasteiger partial charge is 0.495 e. The van der Waals surface area contributed by atoms with Crippen LogP contribution in [0, 0.1) is 5.82 Å². The standard InChI is InChI=1S/C18H15ClFN5O4S/c1-28-12-6-11(7-21-8-12)16-9-25(24-22-16)18-14(20)2-3-15(17(18)19)23-30(26,27)13-4-5-29-10-13/h2-10,22-24H,1H3. The van der Waals surface area contributed by atoms with Gasteiger partial charge in [-0.3, -0.25) is 14.7 Å². The first-order chi connectivity index (χ1) is 14.4. The van der Waals surface area contributed by atoms with Gasteiger partial charge >= 0.3 is 0 Å². The van der Waals surface area contributed by atoms with Crippen molar-refractivity contribution in [2.45, 2.75) is 4.90 Å². The van der Waals surface area contributed by atoms with Gasteiger partial charge in [-0.2, -0.15) is 0 Å². The van der Waals surface area contributed by atoms with Gasteiger partial charge in [0, 0.05) is 18.0 Å². The first-order valence-corrected chi connectivity index (χ1v) is 10.3. The molecule has 156 valence electrons. The predicted molar refractivity (Wildman–Crippen MR) is 108 cm³/mol. The molecule has 1 aliphatic heterocycles. The van der Waals surface area contributed by atoms with Gasteiger partial charge in [0.25, 0.3) is 10.0 Å². The number of nitrogens with zero attached hydrogens (tertiary/aromatic N) is 2. The van der Waals surface area contributed by atoms with Gasteiger partial charge in [0.15, 0.2) is 0 Å². The molecule has 2 aromatic heterocycles. The number of anilines is 2. The predicted octanol–water partition coefficient (Wildman–Crippen LogP) is 3.10. The van der Waals surface area contributed by atoms with Crippen LogP contribution >= 0.6 is 11.6 Å². The van der Waals surface area contributed by atoms with E-state index < -0.39 is 15.8 Å². The minimum atomic E-state index is -3.95. The highest BCUT2D eigenvalue weighted by molar-refractivity contribution is 7.92. The fourth-order valence-electron chi connectivity index (χ4n) is 2.71. The Balaban J connectivity index is 1.66. The van der Waals surface area contributed by atoms with Crippen molar-refractivity contribution in [3.05, 3.63) is 71.8 Å². The van der Waals surface area contributed by atoms with Crippen LogP contribution in [0.25, 0.3) is 5.70 Å². The van der Waals surface area contributed by atoms with E-state index in [9.17, 15) is 12.8 Å².